The van der Waals surface area contributed by atoms with E-state index in [1.807, 2.05) is 87.5 Å². The molecule has 52 heavy (non-hydrogen) atoms. The van der Waals surface area contributed by atoms with Gasteiger partial charge in [0.25, 0.3) is 0 Å². The van der Waals surface area contributed by atoms with Crippen LogP contribution in [0.25, 0.3) is 11.3 Å². The lowest BCUT2D eigenvalue weighted by atomic mass is 9.85. The van der Waals surface area contributed by atoms with Crippen molar-refractivity contribution in [3.8, 4) is 17.1 Å². The van der Waals surface area contributed by atoms with E-state index in [0.29, 0.717) is 18.0 Å². The number of aliphatic hydroxyl groups is 1. The SMILES string of the molecule is COC(=O)N[C@H](C(=O)N[C@@H](Cc1ccccc1)C[C@H](O)[C@H](Cc1ccc(-c2cccc(OC)n2)cc1)NC(=O)[C@@H](NC(=O)O)C(C)(C)C)C(C)(C)C. The molecule has 2 aromatic carbocycles. The zero-order chi connectivity index (χ0) is 38.6. The van der Waals surface area contributed by atoms with Crippen LogP contribution in [0.2, 0.25) is 0 Å². The molecule has 3 aromatic rings. The van der Waals surface area contributed by atoms with Crippen LogP contribution in [0.3, 0.4) is 0 Å². The van der Waals surface area contributed by atoms with Gasteiger partial charge in [0, 0.05) is 17.7 Å². The summed E-state index contributed by atoms with van der Waals surface area (Å²) in [5.74, 6) is -0.593. The Morgan fingerprint density at radius 2 is 1.29 bits per heavy atom. The lowest BCUT2D eigenvalue weighted by molar-refractivity contribution is -0.128. The molecule has 0 spiro atoms. The van der Waals surface area contributed by atoms with E-state index in [0.717, 1.165) is 16.7 Å². The van der Waals surface area contributed by atoms with Crippen molar-refractivity contribution in [2.45, 2.75) is 91.1 Å². The van der Waals surface area contributed by atoms with Crippen LogP contribution in [-0.2, 0) is 27.2 Å². The van der Waals surface area contributed by atoms with Gasteiger partial charge >= 0.3 is 12.2 Å². The first-order valence-corrected chi connectivity index (χ1v) is 17.2. The van der Waals surface area contributed by atoms with E-state index in [1.54, 1.807) is 33.9 Å². The number of benzene rings is 2. The molecule has 6 N–H and O–H groups in total. The molecule has 0 bridgehead atoms. The Kier molecular flexibility index (Phi) is 14.6. The highest BCUT2D eigenvalue weighted by molar-refractivity contribution is 5.87. The third-order valence-corrected chi connectivity index (χ3v) is 8.60. The van der Waals surface area contributed by atoms with Crippen molar-refractivity contribution < 1.29 is 38.9 Å². The topological polar surface area (TPSA) is 188 Å². The Morgan fingerprint density at radius 1 is 0.712 bits per heavy atom. The molecule has 0 unspecified atom stereocenters. The Morgan fingerprint density at radius 3 is 1.85 bits per heavy atom. The standard InChI is InChI=1S/C39H53N5O8/c1-38(2,3)32(43-36(48)49)35(47)42-29(22-25-17-19-26(20-18-25)28-15-12-16-31(41-28)51-7)30(45)23-27(21-24-13-10-9-11-14-24)40-34(46)33(39(4,5)6)44-37(50)52-8/h9-20,27,29-30,32-33,43,45H,21-23H2,1-8H3,(H,40,46)(H,42,47)(H,44,50)(H,48,49)/t27-,29-,30-,32+,33+/m0/s1. The molecule has 3 rings (SSSR count). The molecule has 0 aliphatic heterocycles. The molecule has 282 valence electrons. The van der Waals surface area contributed by atoms with Gasteiger partial charge in [0.2, 0.25) is 17.7 Å². The summed E-state index contributed by atoms with van der Waals surface area (Å²) >= 11 is 0. The van der Waals surface area contributed by atoms with Crippen LogP contribution < -0.4 is 26.0 Å². The minimum Gasteiger partial charge on any atom is -0.481 e. The van der Waals surface area contributed by atoms with Crippen molar-refractivity contribution in [2.24, 2.45) is 10.8 Å². The number of nitrogens with zero attached hydrogens (tertiary/aromatic N) is 1. The molecule has 0 radical (unpaired) electrons. The number of rotatable bonds is 15. The molecular formula is C39H53N5O8. The molecule has 13 nitrogen and oxygen atoms in total. The van der Waals surface area contributed by atoms with Gasteiger partial charge in [0.1, 0.15) is 12.1 Å². The van der Waals surface area contributed by atoms with E-state index in [-0.39, 0.29) is 12.8 Å². The molecule has 0 aliphatic carbocycles. The van der Waals surface area contributed by atoms with Gasteiger partial charge in [0.05, 0.1) is 32.1 Å². The Bertz CT molecular complexity index is 1640. The summed E-state index contributed by atoms with van der Waals surface area (Å²) in [5, 5.41) is 32.3. The number of nitrogens with one attached hydrogen (secondary N) is 4. The Balaban J connectivity index is 1.96. The van der Waals surface area contributed by atoms with E-state index >= 15 is 0 Å². The van der Waals surface area contributed by atoms with Crippen molar-refractivity contribution in [1.82, 2.24) is 26.3 Å². The number of methoxy groups -OCH3 is 2. The second-order valence-electron chi connectivity index (χ2n) is 15.0. The first-order chi connectivity index (χ1) is 24.4. The van der Waals surface area contributed by atoms with Crippen molar-refractivity contribution in [2.75, 3.05) is 14.2 Å². The Hall–Kier alpha value is -5.17. The molecule has 0 fully saturated rings. The number of hydrogen-bond donors (Lipinski definition) is 6. The molecule has 1 aromatic heterocycles. The number of carbonyl (C=O) groups excluding carboxylic acids is 3. The number of ether oxygens (including phenoxy) is 2. The molecular weight excluding hydrogens is 666 g/mol. The molecule has 1 heterocycles. The number of carboxylic acid groups (broad SMARTS) is 1. The van der Waals surface area contributed by atoms with Crippen molar-refractivity contribution in [3.63, 3.8) is 0 Å². The van der Waals surface area contributed by atoms with Gasteiger partial charge in [-0.25, -0.2) is 14.6 Å². The molecule has 13 heteroatoms. The van der Waals surface area contributed by atoms with E-state index < -0.39 is 65.1 Å². The third kappa shape index (κ3) is 12.6. The highest BCUT2D eigenvalue weighted by Crippen LogP contribution is 2.24. The first kappa shape index (κ1) is 41.3. The number of aromatic nitrogens is 1. The van der Waals surface area contributed by atoms with Gasteiger partial charge < -0.3 is 41.0 Å². The predicted molar refractivity (Wildman–Crippen MR) is 198 cm³/mol. The quantitative estimate of drug-likeness (QED) is 0.129. The predicted octanol–water partition coefficient (Wildman–Crippen LogP) is 4.72. The smallest absolute Gasteiger partial charge is 0.407 e. The summed E-state index contributed by atoms with van der Waals surface area (Å²) in [6.07, 6.45) is -2.78. The average Bonchev–Trinajstić information content (AvgIpc) is 3.08. The van der Waals surface area contributed by atoms with Gasteiger partial charge in [-0.3, -0.25) is 9.59 Å². The minimum atomic E-state index is -1.35. The van der Waals surface area contributed by atoms with Crippen LogP contribution in [0.4, 0.5) is 9.59 Å². The fourth-order valence-electron chi connectivity index (χ4n) is 5.79. The molecule has 0 saturated carbocycles. The number of pyridine rings is 1. The fraction of sp³-hybridized carbons (Fsp3) is 0.462. The summed E-state index contributed by atoms with van der Waals surface area (Å²) in [5.41, 5.74) is 1.75. The van der Waals surface area contributed by atoms with Crippen molar-refractivity contribution in [1.29, 1.82) is 0 Å². The van der Waals surface area contributed by atoms with E-state index in [9.17, 15) is 29.4 Å². The normalized spacial score (nSPS) is 14.5. The lowest BCUT2D eigenvalue weighted by Crippen LogP contribution is -2.58. The van der Waals surface area contributed by atoms with E-state index in [4.69, 9.17) is 9.47 Å². The van der Waals surface area contributed by atoms with E-state index in [1.165, 1.54) is 7.11 Å². The summed E-state index contributed by atoms with van der Waals surface area (Å²) in [6.45, 7) is 10.7. The zero-order valence-corrected chi connectivity index (χ0v) is 31.2. The summed E-state index contributed by atoms with van der Waals surface area (Å²) in [4.78, 5) is 55.8. The highest BCUT2D eigenvalue weighted by Gasteiger charge is 2.37. The molecule has 0 aliphatic rings. The van der Waals surface area contributed by atoms with Gasteiger partial charge in [-0.05, 0) is 47.3 Å². The van der Waals surface area contributed by atoms with Gasteiger partial charge in [0.15, 0.2) is 0 Å². The number of amides is 4. The van der Waals surface area contributed by atoms with Crippen LogP contribution in [0.15, 0.2) is 72.8 Å². The minimum absolute atomic E-state index is 0.0129. The van der Waals surface area contributed by atoms with Gasteiger partial charge in [-0.2, -0.15) is 0 Å². The summed E-state index contributed by atoms with van der Waals surface area (Å²) in [7, 11) is 2.76. The maximum Gasteiger partial charge on any atom is 0.407 e. The molecule has 4 amide bonds. The van der Waals surface area contributed by atoms with Crippen LogP contribution in [0.5, 0.6) is 5.88 Å². The number of hydrogen-bond acceptors (Lipinski definition) is 8. The van der Waals surface area contributed by atoms with Crippen LogP contribution in [0.1, 0.15) is 59.1 Å². The first-order valence-electron chi connectivity index (χ1n) is 17.2. The largest absolute Gasteiger partial charge is 0.481 e. The zero-order valence-electron chi connectivity index (χ0n) is 31.2. The van der Waals surface area contributed by atoms with Crippen molar-refractivity contribution >= 4 is 24.0 Å². The Labute approximate surface area is 305 Å². The summed E-state index contributed by atoms with van der Waals surface area (Å²) < 4.78 is 10.0. The van der Waals surface area contributed by atoms with E-state index in [2.05, 4.69) is 26.3 Å². The number of carbonyl (C=O) groups is 4. The fourth-order valence-corrected chi connectivity index (χ4v) is 5.79. The second-order valence-corrected chi connectivity index (χ2v) is 15.0. The molecule has 5 atom stereocenters. The number of aliphatic hydroxyl groups excluding tert-OH is 1. The lowest BCUT2D eigenvalue weighted by Gasteiger charge is -2.34. The maximum atomic E-state index is 13.7. The van der Waals surface area contributed by atoms with Crippen LogP contribution in [0, 0.1) is 10.8 Å². The summed E-state index contributed by atoms with van der Waals surface area (Å²) in [6, 6.07) is 18.8. The van der Waals surface area contributed by atoms with Crippen LogP contribution >= 0.6 is 0 Å². The van der Waals surface area contributed by atoms with Gasteiger partial charge in [-0.15, -0.1) is 0 Å². The van der Waals surface area contributed by atoms with Crippen LogP contribution in [-0.4, -0.2) is 83.7 Å². The highest BCUT2D eigenvalue weighted by atomic mass is 16.5. The van der Waals surface area contributed by atoms with Crippen molar-refractivity contribution in [3.05, 3.63) is 83.9 Å². The monoisotopic (exact) mass is 719 g/mol. The van der Waals surface area contributed by atoms with Gasteiger partial charge in [-0.1, -0.05) is 102 Å². The maximum absolute atomic E-state index is 13.7. The average molecular weight is 720 g/mol. The number of alkyl carbamates (subject to hydrolysis) is 1. The second kappa shape index (κ2) is 18.4. The third-order valence-electron chi connectivity index (χ3n) is 8.60. The molecule has 0 saturated heterocycles.